The second-order valence-electron chi connectivity index (χ2n) is 5.37. The van der Waals surface area contributed by atoms with E-state index < -0.39 is 21.2 Å². The van der Waals surface area contributed by atoms with Gasteiger partial charge in [0.25, 0.3) is 0 Å². The van der Waals surface area contributed by atoms with Crippen molar-refractivity contribution in [1.82, 2.24) is 4.72 Å². The van der Waals surface area contributed by atoms with Crippen LogP contribution in [0.1, 0.15) is 27.7 Å². The van der Waals surface area contributed by atoms with Crippen LogP contribution in [-0.4, -0.2) is 24.7 Å². The van der Waals surface area contributed by atoms with Gasteiger partial charge in [-0.15, -0.1) is 0 Å². The summed E-state index contributed by atoms with van der Waals surface area (Å²) in [4.78, 5) is -0.000718. The molecule has 1 aromatic carbocycles. The molecule has 0 heterocycles. The molecule has 1 rings (SSSR count). The topological polar surface area (TPSA) is 66.4 Å². The van der Waals surface area contributed by atoms with Gasteiger partial charge in [0.05, 0.1) is 26.1 Å². The van der Waals surface area contributed by atoms with Crippen LogP contribution in [0.3, 0.4) is 0 Å². The van der Waals surface area contributed by atoms with Gasteiger partial charge in [0.1, 0.15) is 0 Å². The normalized spacial score (nSPS) is 13.6. The first-order valence-corrected chi connectivity index (χ1v) is 7.82. The van der Waals surface area contributed by atoms with Crippen molar-refractivity contribution >= 4 is 33.2 Å². The van der Waals surface area contributed by atoms with Crippen molar-refractivity contribution in [3.05, 3.63) is 28.2 Å². The van der Waals surface area contributed by atoms with Crippen molar-refractivity contribution in [2.45, 2.75) is 43.7 Å². The lowest BCUT2D eigenvalue weighted by Gasteiger charge is -2.37. The first kappa shape index (κ1) is 16.7. The SMILES string of the molecule is CC(C)(O)C(C)(C)NS(=O)(=O)c1ccc(Cl)c(Cl)c1. The van der Waals surface area contributed by atoms with Crippen molar-refractivity contribution in [2.75, 3.05) is 0 Å². The zero-order valence-corrected chi connectivity index (χ0v) is 13.5. The lowest BCUT2D eigenvalue weighted by molar-refractivity contribution is 0.00639. The number of aliphatic hydroxyl groups is 1. The van der Waals surface area contributed by atoms with Gasteiger partial charge in [-0.1, -0.05) is 23.2 Å². The molecule has 108 valence electrons. The lowest BCUT2D eigenvalue weighted by atomic mass is 9.87. The standard InChI is InChI=1S/C12H17Cl2NO3S/c1-11(2,12(3,4)16)15-19(17,18)8-5-6-9(13)10(14)7-8/h5-7,15-16H,1-4H3. The van der Waals surface area contributed by atoms with Crippen LogP contribution in [0.4, 0.5) is 0 Å². The highest BCUT2D eigenvalue weighted by Crippen LogP contribution is 2.27. The van der Waals surface area contributed by atoms with E-state index in [0.29, 0.717) is 0 Å². The maximum Gasteiger partial charge on any atom is 0.241 e. The number of hydrogen-bond acceptors (Lipinski definition) is 3. The minimum Gasteiger partial charge on any atom is -0.389 e. The van der Waals surface area contributed by atoms with Crippen LogP contribution < -0.4 is 4.72 Å². The molecule has 0 atom stereocenters. The molecule has 1 aromatic rings. The Bertz CT molecular complexity index is 577. The number of sulfonamides is 1. The summed E-state index contributed by atoms with van der Waals surface area (Å²) < 4.78 is 26.9. The summed E-state index contributed by atoms with van der Waals surface area (Å²) in [5.41, 5.74) is -2.27. The van der Waals surface area contributed by atoms with Crippen LogP contribution in [0, 0.1) is 0 Å². The zero-order chi connectivity index (χ0) is 15.1. The van der Waals surface area contributed by atoms with Crippen LogP contribution in [0.15, 0.2) is 23.1 Å². The number of halogens is 2. The summed E-state index contributed by atoms with van der Waals surface area (Å²) in [7, 11) is -3.79. The highest BCUT2D eigenvalue weighted by atomic mass is 35.5. The molecule has 0 radical (unpaired) electrons. The predicted molar refractivity (Wildman–Crippen MR) is 77.2 cm³/mol. The van der Waals surface area contributed by atoms with Crippen molar-refractivity contribution in [1.29, 1.82) is 0 Å². The number of nitrogens with one attached hydrogen (secondary N) is 1. The van der Waals surface area contributed by atoms with E-state index in [1.807, 2.05) is 0 Å². The first-order valence-electron chi connectivity index (χ1n) is 5.58. The molecule has 0 unspecified atom stereocenters. The molecular weight excluding hydrogens is 309 g/mol. The largest absolute Gasteiger partial charge is 0.389 e. The van der Waals surface area contributed by atoms with Crippen molar-refractivity contribution in [3.8, 4) is 0 Å². The van der Waals surface area contributed by atoms with E-state index in [4.69, 9.17) is 23.2 Å². The molecule has 0 aliphatic carbocycles. The fourth-order valence-corrected chi connectivity index (χ4v) is 3.09. The van der Waals surface area contributed by atoms with E-state index in [0.717, 1.165) is 0 Å². The van der Waals surface area contributed by atoms with Crippen LogP contribution in [0.25, 0.3) is 0 Å². The third-order valence-corrected chi connectivity index (χ3v) is 5.51. The summed E-state index contributed by atoms with van der Waals surface area (Å²) in [6, 6.07) is 4.04. The number of benzene rings is 1. The molecule has 0 aliphatic heterocycles. The monoisotopic (exact) mass is 325 g/mol. The van der Waals surface area contributed by atoms with E-state index in [1.54, 1.807) is 13.8 Å². The van der Waals surface area contributed by atoms with Crippen molar-refractivity contribution in [2.24, 2.45) is 0 Å². The fraction of sp³-hybridized carbons (Fsp3) is 0.500. The average molecular weight is 326 g/mol. The summed E-state index contributed by atoms with van der Waals surface area (Å²) in [6.07, 6.45) is 0. The van der Waals surface area contributed by atoms with Gasteiger partial charge in [-0.2, -0.15) is 0 Å². The van der Waals surface area contributed by atoms with Gasteiger partial charge in [-0.3, -0.25) is 0 Å². The quantitative estimate of drug-likeness (QED) is 0.894. The number of rotatable bonds is 4. The highest BCUT2D eigenvalue weighted by molar-refractivity contribution is 7.89. The van der Waals surface area contributed by atoms with Crippen molar-refractivity contribution < 1.29 is 13.5 Å². The maximum atomic E-state index is 12.2. The molecule has 0 aliphatic rings. The van der Waals surface area contributed by atoms with Crippen LogP contribution >= 0.6 is 23.2 Å². The van der Waals surface area contributed by atoms with E-state index in [1.165, 1.54) is 32.0 Å². The van der Waals surface area contributed by atoms with Gasteiger partial charge < -0.3 is 5.11 Å². The van der Waals surface area contributed by atoms with E-state index >= 15 is 0 Å². The predicted octanol–water partition coefficient (Wildman–Crippen LogP) is 2.82. The molecule has 0 spiro atoms. The Morgan fingerprint density at radius 1 is 1.11 bits per heavy atom. The maximum absolute atomic E-state index is 12.2. The van der Waals surface area contributed by atoms with Gasteiger partial charge in [0.2, 0.25) is 10.0 Å². The Kier molecular flexibility index (Phi) is 4.59. The van der Waals surface area contributed by atoms with Gasteiger partial charge in [0, 0.05) is 0 Å². The summed E-state index contributed by atoms with van der Waals surface area (Å²) >= 11 is 11.6. The second kappa shape index (κ2) is 5.22. The zero-order valence-electron chi connectivity index (χ0n) is 11.2. The van der Waals surface area contributed by atoms with E-state index in [2.05, 4.69) is 4.72 Å². The first-order chi connectivity index (χ1) is 8.37. The summed E-state index contributed by atoms with van der Waals surface area (Å²) in [6.45, 7) is 6.26. The van der Waals surface area contributed by atoms with E-state index in [-0.39, 0.29) is 14.9 Å². The summed E-state index contributed by atoms with van der Waals surface area (Å²) in [5, 5.41) is 10.4. The fourth-order valence-electron chi connectivity index (χ4n) is 1.16. The molecule has 0 fully saturated rings. The van der Waals surface area contributed by atoms with Gasteiger partial charge in [0.15, 0.2) is 0 Å². The molecule has 0 amide bonds. The second-order valence-corrected chi connectivity index (χ2v) is 7.86. The average Bonchev–Trinajstić information content (AvgIpc) is 2.18. The lowest BCUT2D eigenvalue weighted by Crippen LogP contribution is -2.57. The molecule has 2 N–H and O–H groups in total. The Morgan fingerprint density at radius 3 is 2.05 bits per heavy atom. The smallest absolute Gasteiger partial charge is 0.241 e. The Hall–Kier alpha value is -0.330. The highest BCUT2D eigenvalue weighted by Gasteiger charge is 2.38. The third-order valence-electron chi connectivity index (χ3n) is 3.12. The minimum absolute atomic E-state index is 0.000718. The number of hydrogen-bond donors (Lipinski definition) is 2. The Morgan fingerprint density at radius 2 is 1.63 bits per heavy atom. The Labute approximate surface area is 123 Å². The molecule has 4 nitrogen and oxygen atoms in total. The molecule has 0 saturated heterocycles. The third kappa shape index (κ3) is 3.83. The van der Waals surface area contributed by atoms with Crippen LogP contribution in [-0.2, 0) is 10.0 Å². The van der Waals surface area contributed by atoms with Crippen LogP contribution in [0.2, 0.25) is 10.0 Å². The summed E-state index contributed by atoms with van der Waals surface area (Å²) in [5.74, 6) is 0. The van der Waals surface area contributed by atoms with Gasteiger partial charge >= 0.3 is 0 Å². The molecular formula is C12H17Cl2NO3S. The Balaban J connectivity index is 3.16. The van der Waals surface area contributed by atoms with E-state index in [9.17, 15) is 13.5 Å². The molecule has 0 aromatic heterocycles. The molecule has 0 bridgehead atoms. The van der Waals surface area contributed by atoms with Crippen molar-refractivity contribution in [3.63, 3.8) is 0 Å². The minimum atomic E-state index is -3.79. The van der Waals surface area contributed by atoms with Gasteiger partial charge in [-0.05, 0) is 45.9 Å². The van der Waals surface area contributed by atoms with Crippen LogP contribution in [0.5, 0.6) is 0 Å². The van der Waals surface area contributed by atoms with Gasteiger partial charge in [-0.25, -0.2) is 13.1 Å². The molecule has 19 heavy (non-hydrogen) atoms. The molecule has 7 heteroatoms. The molecule has 0 saturated carbocycles.